The molecule has 0 aromatic heterocycles. The number of methoxy groups -OCH3 is 1. The molecule has 110 valence electrons. The third-order valence-electron chi connectivity index (χ3n) is 4.21. The minimum absolute atomic E-state index is 0.165. The fraction of sp³-hybridized carbons (Fsp3) is 0.562. The first-order valence-corrected chi connectivity index (χ1v) is 7.04. The standard InChI is InChI=1S/C16H24N2O2/c1-16(2)12-18(10-9-17(16)3)11-13-7-5-6-8-14(13)15(19)20-4/h5-8H,9-12H2,1-4H3. The lowest BCUT2D eigenvalue weighted by molar-refractivity contribution is 0.0355. The largest absolute Gasteiger partial charge is 0.465 e. The van der Waals surface area contributed by atoms with Gasteiger partial charge >= 0.3 is 5.97 Å². The van der Waals surface area contributed by atoms with Crippen LogP contribution >= 0.6 is 0 Å². The summed E-state index contributed by atoms with van der Waals surface area (Å²) < 4.78 is 4.86. The molecule has 0 bridgehead atoms. The number of hydrogen-bond donors (Lipinski definition) is 0. The maximum Gasteiger partial charge on any atom is 0.338 e. The highest BCUT2D eigenvalue weighted by molar-refractivity contribution is 5.90. The second-order valence-electron chi connectivity index (χ2n) is 6.09. The molecule has 1 aliphatic rings. The van der Waals surface area contributed by atoms with Gasteiger partial charge in [0.05, 0.1) is 12.7 Å². The van der Waals surface area contributed by atoms with E-state index < -0.39 is 0 Å². The molecule has 0 atom stereocenters. The summed E-state index contributed by atoms with van der Waals surface area (Å²) in [5.74, 6) is -0.256. The van der Waals surface area contributed by atoms with E-state index in [9.17, 15) is 4.79 Å². The Bertz CT molecular complexity index is 485. The number of piperazine rings is 1. The predicted octanol–water partition coefficient (Wildman–Crippen LogP) is 2.00. The van der Waals surface area contributed by atoms with Gasteiger partial charge in [0.15, 0.2) is 0 Å². The van der Waals surface area contributed by atoms with Crippen LogP contribution in [0.25, 0.3) is 0 Å². The van der Waals surface area contributed by atoms with Gasteiger partial charge in [-0.15, -0.1) is 0 Å². The molecule has 1 aromatic carbocycles. The Morgan fingerprint density at radius 1 is 1.30 bits per heavy atom. The fourth-order valence-electron chi connectivity index (χ4n) is 2.68. The molecule has 0 spiro atoms. The van der Waals surface area contributed by atoms with Crippen molar-refractivity contribution in [2.75, 3.05) is 33.8 Å². The van der Waals surface area contributed by atoms with Crippen molar-refractivity contribution in [3.63, 3.8) is 0 Å². The molecule has 0 saturated carbocycles. The number of esters is 1. The highest BCUT2D eigenvalue weighted by atomic mass is 16.5. The van der Waals surface area contributed by atoms with Gasteiger partial charge in [0, 0.05) is 31.7 Å². The molecule has 2 rings (SSSR count). The Hall–Kier alpha value is -1.39. The van der Waals surface area contributed by atoms with E-state index in [0.717, 1.165) is 31.7 Å². The summed E-state index contributed by atoms with van der Waals surface area (Å²) in [6.45, 7) is 8.38. The smallest absolute Gasteiger partial charge is 0.338 e. The summed E-state index contributed by atoms with van der Waals surface area (Å²) in [6.07, 6.45) is 0. The van der Waals surface area contributed by atoms with Crippen LogP contribution in [0.2, 0.25) is 0 Å². The Balaban J connectivity index is 2.13. The number of carbonyl (C=O) groups is 1. The van der Waals surface area contributed by atoms with Gasteiger partial charge in [-0.3, -0.25) is 9.80 Å². The number of benzene rings is 1. The summed E-state index contributed by atoms with van der Waals surface area (Å²) in [4.78, 5) is 16.6. The van der Waals surface area contributed by atoms with Crippen LogP contribution in [0.4, 0.5) is 0 Å². The SMILES string of the molecule is COC(=O)c1ccccc1CN1CCN(C)C(C)(C)C1. The van der Waals surface area contributed by atoms with Crippen LogP contribution in [0.5, 0.6) is 0 Å². The second kappa shape index (κ2) is 5.94. The Labute approximate surface area is 121 Å². The van der Waals surface area contributed by atoms with Crippen LogP contribution in [0.15, 0.2) is 24.3 Å². The Morgan fingerprint density at radius 2 is 2.00 bits per heavy atom. The van der Waals surface area contributed by atoms with Crippen molar-refractivity contribution in [1.29, 1.82) is 0 Å². The fourth-order valence-corrected chi connectivity index (χ4v) is 2.68. The molecule has 4 heteroatoms. The van der Waals surface area contributed by atoms with E-state index in [4.69, 9.17) is 4.74 Å². The molecule has 1 aromatic rings. The van der Waals surface area contributed by atoms with E-state index in [1.165, 1.54) is 7.11 Å². The minimum Gasteiger partial charge on any atom is -0.465 e. The highest BCUT2D eigenvalue weighted by Gasteiger charge is 2.31. The lowest BCUT2D eigenvalue weighted by Crippen LogP contribution is -2.57. The van der Waals surface area contributed by atoms with E-state index in [1.54, 1.807) is 0 Å². The van der Waals surface area contributed by atoms with E-state index in [-0.39, 0.29) is 11.5 Å². The lowest BCUT2D eigenvalue weighted by Gasteiger charge is -2.45. The quantitative estimate of drug-likeness (QED) is 0.791. The van der Waals surface area contributed by atoms with Crippen molar-refractivity contribution < 1.29 is 9.53 Å². The van der Waals surface area contributed by atoms with Gasteiger partial charge in [0.25, 0.3) is 0 Å². The summed E-state index contributed by atoms with van der Waals surface area (Å²) in [6, 6.07) is 7.70. The second-order valence-corrected chi connectivity index (χ2v) is 6.09. The van der Waals surface area contributed by atoms with Crippen molar-refractivity contribution in [2.45, 2.75) is 25.9 Å². The van der Waals surface area contributed by atoms with Gasteiger partial charge in [0.1, 0.15) is 0 Å². The van der Waals surface area contributed by atoms with Crippen molar-refractivity contribution >= 4 is 5.97 Å². The first-order valence-electron chi connectivity index (χ1n) is 7.04. The monoisotopic (exact) mass is 276 g/mol. The van der Waals surface area contributed by atoms with Crippen molar-refractivity contribution in [2.24, 2.45) is 0 Å². The number of ether oxygens (including phenoxy) is 1. The molecule has 1 heterocycles. The molecule has 1 fully saturated rings. The van der Waals surface area contributed by atoms with Crippen LogP contribution in [-0.4, -0.2) is 55.1 Å². The van der Waals surface area contributed by atoms with Crippen molar-refractivity contribution in [3.05, 3.63) is 35.4 Å². The minimum atomic E-state index is -0.256. The third-order valence-corrected chi connectivity index (χ3v) is 4.21. The average Bonchev–Trinajstić information content (AvgIpc) is 2.42. The van der Waals surface area contributed by atoms with Crippen LogP contribution in [-0.2, 0) is 11.3 Å². The topological polar surface area (TPSA) is 32.8 Å². The average molecular weight is 276 g/mol. The van der Waals surface area contributed by atoms with Gasteiger partial charge in [-0.1, -0.05) is 18.2 Å². The Morgan fingerprint density at radius 3 is 2.65 bits per heavy atom. The van der Waals surface area contributed by atoms with Crippen LogP contribution in [0.3, 0.4) is 0 Å². The molecule has 0 aliphatic carbocycles. The molecular weight excluding hydrogens is 252 g/mol. The summed E-state index contributed by atoms with van der Waals surface area (Å²) in [5, 5.41) is 0. The maximum atomic E-state index is 11.8. The van der Waals surface area contributed by atoms with Gasteiger partial charge in [0.2, 0.25) is 0 Å². The Kier molecular flexibility index (Phi) is 4.45. The predicted molar refractivity (Wildman–Crippen MR) is 79.8 cm³/mol. The highest BCUT2D eigenvalue weighted by Crippen LogP contribution is 2.21. The number of likely N-dealkylation sites (N-methyl/N-ethyl adjacent to an activating group) is 1. The van der Waals surface area contributed by atoms with Crippen molar-refractivity contribution in [1.82, 2.24) is 9.80 Å². The molecule has 0 unspecified atom stereocenters. The van der Waals surface area contributed by atoms with E-state index >= 15 is 0 Å². The zero-order chi connectivity index (χ0) is 14.8. The van der Waals surface area contributed by atoms with E-state index in [1.807, 2.05) is 24.3 Å². The molecule has 0 radical (unpaired) electrons. The van der Waals surface area contributed by atoms with Crippen LogP contribution < -0.4 is 0 Å². The number of carbonyl (C=O) groups excluding carboxylic acids is 1. The molecule has 0 N–H and O–H groups in total. The van der Waals surface area contributed by atoms with Crippen LogP contribution in [0.1, 0.15) is 29.8 Å². The summed E-state index contributed by atoms with van der Waals surface area (Å²) in [7, 11) is 3.60. The third kappa shape index (κ3) is 3.19. The first-order chi connectivity index (χ1) is 9.44. The normalized spacial score (nSPS) is 19.8. The lowest BCUT2D eigenvalue weighted by atomic mass is 9.98. The molecule has 0 amide bonds. The first kappa shape index (κ1) is 15.0. The molecule has 4 nitrogen and oxygen atoms in total. The maximum absolute atomic E-state index is 11.8. The molecule has 1 saturated heterocycles. The molecule has 20 heavy (non-hydrogen) atoms. The summed E-state index contributed by atoms with van der Waals surface area (Å²) in [5.41, 5.74) is 1.88. The van der Waals surface area contributed by atoms with Gasteiger partial charge < -0.3 is 4.74 Å². The molecular formula is C16H24N2O2. The van der Waals surface area contributed by atoms with Crippen molar-refractivity contribution in [3.8, 4) is 0 Å². The van der Waals surface area contributed by atoms with E-state index in [2.05, 4.69) is 30.7 Å². The van der Waals surface area contributed by atoms with Gasteiger partial charge in [-0.25, -0.2) is 4.79 Å². The van der Waals surface area contributed by atoms with Gasteiger partial charge in [-0.2, -0.15) is 0 Å². The zero-order valence-electron chi connectivity index (χ0n) is 12.8. The summed E-state index contributed by atoms with van der Waals surface area (Å²) >= 11 is 0. The number of rotatable bonds is 3. The van der Waals surface area contributed by atoms with E-state index in [0.29, 0.717) is 5.56 Å². The molecule has 1 aliphatic heterocycles. The zero-order valence-corrected chi connectivity index (χ0v) is 12.8. The van der Waals surface area contributed by atoms with Gasteiger partial charge in [-0.05, 0) is 32.5 Å². The number of hydrogen-bond acceptors (Lipinski definition) is 4. The van der Waals surface area contributed by atoms with Crippen LogP contribution in [0, 0.1) is 0 Å². The number of nitrogens with zero attached hydrogens (tertiary/aromatic N) is 2.